The normalized spacial score (nSPS) is 3.50. The molecule has 0 aliphatic carbocycles. The van der Waals surface area contributed by atoms with Crippen LogP contribution in [-0.4, -0.2) is 4.80 Å². The van der Waals surface area contributed by atoms with Crippen LogP contribution in [0.5, 0.6) is 0 Å². The molecule has 0 rings (SSSR count). The molecule has 0 saturated heterocycles. The molecule has 0 aromatic heterocycles. The van der Waals surface area contributed by atoms with Gasteiger partial charge in [-0.25, -0.2) is 0 Å². The molecule has 0 radical (unpaired) electrons. The van der Waals surface area contributed by atoms with Crippen molar-refractivity contribution in [2.45, 2.75) is 0 Å². The molecule has 30 valence electrons. The second-order valence-corrected chi connectivity index (χ2v) is 0.643. The quantitative estimate of drug-likeness (QED) is 0.497. The van der Waals surface area contributed by atoms with E-state index in [1.54, 1.807) is 0 Å². The Morgan fingerprint density at radius 1 is 1.75 bits per heavy atom. The van der Waals surface area contributed by atoms with E-state index in [9.17, 15) is 0 Å². The Morgan fingerprint density at radius 2 is 1.75 bits per heavy atom. The van der Waals surface area contributed by atoms with Gasteiger partial charge in [0.15, 0.2) is 0 Å². The van der Waals surface area contributed by atoms with Gasteiger partial charge in [-0.05, 0) is 0 Å². The van der Waals surface area contributed by atoms with E-state index in [1.807, 2.05) is 0 Å². The van der Waals surface area contributed by atoms with Crippen molar-refractivity contribution in [3.8, 4) is 0 Å². The second kappa shape index (κ2) is 8.99. The van der Waals surface area contributed by atoms with Crippen molar-refractivity contribution in [2.75, 3.05) is 0 Å². The third-order valence-electron chi connectivity index (χ3n) is 0. The number of carbonyl (C=O) groups is 1. The minimum atomic E-state index is 0. The molecule has 0 spiro atoms. The minimum Gasteiger partial charge on any atom is 0 e. The standard InChI is InChI=1S/CHO.Ir.Pt/c1-2;;/h1H;;. The summed E-state index contributed by atoms with van der Waals surface area (Å²) in [6.07, 6.45) is 0. The van der Waals surface area contributed by atoms with Crippen LogP contribution in [-0.2, 0) is 44.8 Å². The molecule has 0 atom stereocenters. The van der Waals surface area contributed by atoms with Crippen LogP contribution in [0.25, 0.3) is 0 Å². The molecule has 0 saturated carbocycles. The van der Waals surface area contributed by atoms with Gasteiger partial charge in [-0.2, -0.15) is 0 Å². The fourth-order valence-corrected chi connectivity index (χ4v) is 0. The number of rotatable bonds is 0. The van der Waals surface area contributed by atoms with E-state index in [1.165, 1.54) is 18.9 Å². The molecule has 0 heterocycles. The van der Waals surface area contributed by atoms with Crippen molar-refractivity contribution >= 4 is 4.80 Å². The Kier molecular flexibility index (Phi) is 20.0. The van der Waals surface area contributed by atoms with Gasteiger partial charge in [0, 0.05) is 21.1 Å². The first-order valence-corrected chi connectivity index (χ1v) is 1.81. The molecule has 4 heavy (non-hydrogen) atoms. The van der Waals surface area contributed by atoms with Gasteiger partial charge in [-0.15, -0.1) is 0 Å². The van der Waals surface area contributed by atoms with Crippen LogP contribution in [0.4, 0.5) is 0 Å². The Balaban J connectivity index is 0. The van der Waals surface area contributed by atoms with Crippen LogP contribution in [0.15, 0.2) is 0 Å². The first-order valence-electron chi connectivity index (χ1n) is 0.428. The summed E-state index contributed by atoms with van der Waals surface area (Å²) in [5.41, 5.74) is 0. The van der Waals surface area contributed by atoms with Crippen LogP contribution < -0.4 is 0 Å². The molecule has 0 amide bonds. The molecule has 0 unspecified atom stereocenters. The molecule has 1 nitrogen and oxygen atoms in total. The van der Waals surface area contributed by atoms with Crippen molar-refractivity contribution in [1.82, 2.24) is 0 Å². The van der Waals surface area contributed by atoms with Gasteiger partial charge in [-0.1, -0.05) is 0 Å². The maximum atomic E-state index is 8.81. The number of hydrogen-bond donors (Lipinski definition) is 0. The summed E-state index contributed by atoms with van der Waals surface area (Å²) in [5, 5.41) is 0. The van der Waals surface area contributed by atoms with Crippen LogP contribution in [0.1, 0.15) is 0 Å². The molecule has 0 aromatic rings. The molecule has 0 aliphatic rings. The summed E-state index contributed by atoms with van der Waals surface area (Å²) >= 11 is 1.44. The third kappa shape index (κ3) is 11.9. The fourth-order valence-electron chi connectivity index (χ4n) is 0. The summed E-state index contributed by atoms with van der Waals surface area (Å²) < 4.78 is 0. The van der Waals surface area contributed by atoms with Crippen LogP contribution in [0.3, 0.4) is 0 Å². The van der Waals surface area contributed by atoms with Gasteiger partial charge in [0.25, 0.3) is 0 Å². The molecule has 3 heteroatoms. The van der Waals surface area contributed by atoms with E-state index in [2.05, 4.69) is 0 Å². The van der Waals surface area contributed by atoms with Gasteiger partial charge in [0.05, 0.1) is 0 Å². The Labute approximate surface area is 49.6 Å². The van der Waals surface area contributed by atoms with E-state index >= 15 is 0 Å². The van der Waals surface area contributed by atoms with E-state index in [0.717, 1.165) is 4.80 Å². The second-order valence-electron chi connectivity index (χ2n) is 0.0786. The molecule has 0 bridgehead atoms. The van der Waals surface area contributed by atoms with Gasteiger partial charge in [-0.3, -0.25) is 0 Å². The Hall–Kier alpha value is 1.01. The Bertz CT molecular complexity index is 15.5. The zero-order valence-electron chi connectivity index (χ0n) is 1.64. The van der Waals surface area contributed by atoms with Gasteiger partial charge >= 0.3 is 28.5 Å². The molecule has 0 N–H and O–H groups in total. The van der Waals surface area contributed by atoms with Crippen LogP contribution in [0.2, 0.25) is 0 Å². The zero-order chi connectivity index (χ0) is 2.71. The maximum Gasteiger partial charge on any atom is 0 e. The minimum absolute atomic E-state index is 0. The predicted octanol–water partition coefficient (Wildman–Crippen LogP) is -0.279. The monoisotopic (exact) mass is 417 g/mol. The molecule has 0 aliphatic heterocycles. The fraction of sp³-hybridized carbons (Fsp3) is 0. The van der Waals surface area contributed by atoms with Gasteiger partial charge < -0.3 is 0 Å². The van der Waals surface area contributed by atoms with Crippen molar-refractivity contribution in [2.24, 2.45) is 0 Å². The molecule has 0 aromatic carbocycles. The summed E-state index contributed by atoms with van der Waals surface area (Å²) in [6, 6.07) is 0. The van der Waals surface area contributed by atoms with Crippen LogP contribution >= 0.6 is 0 Å². The average Bonchev–Trinajstić information content (AvgIpc) is 0.918. The van der Waals surface area contributed by atoms with Gasteiger partial charge in [0.2, 0.25) is 0 Å². The van der Waals surface area contributed by atoms with E-state index in [-0.39, 0.29) is 21.1 Å². The van der Waals surface area contributed by atoms with Crippen molar-refractivity contribution in [3.05, 3.63) is 0 Å². The van der Waals surface area contributed by atoms with Crippen LogP contribution in [0, 0.1) is 0 Å². The number of carbonyl (C=O) groups excluding carboxylic acids is 1. The largest absolute Gasteiger partial charge is 0 e. The SMILES string of the molecule is O=[CH][Ir].[Pt]. The smallest absolute Gasteiger partial charge is 0 e. The Morgan fingerprint density at radius 3 is 1.75 bits per heavy atom. The van der Waals surface area contributed by atoms with Crippen molar-refractivity contribution < 1.29 is 44.8 Å². The first-order chi connectivity index (χ1) is 1.41. The predicted molar refractivity (Wildman–Crippen MR) is 6.75 cm³/mol. The summed E-state index contributed by atoms with van der Waals surface area (Å²) in [6.45, 7) is 0. The van der Waals surface area contributed by atoms with E-state index in [0.29, 0.717) is 0 Å². The first kappa shape index (κ1) is 8.89. The van der Waals surface area contributed by atoms with Crippen molar-refractivity contribution in [3.63, 3.8) is 0 Å². The summed E-state index contributed by atoms with van der Waals surface area (Å²) in [5.74, 6) is 0. The van der Waals surface area contributed by atoms with E-state index in [4.69, 9.17) is 4.79 Å². The third-order valence-corrected chi connectivity index (χ3v) is 0. The summed E-state index contributed by atoms with van der Waals surface area (Å²) in [4.78, 5) is 9.56. The summed E-state index contributed by atoms with van der Waals surface area (Å²) in [7, 11) is 0. The molecular weight excluding hydrogens is 415 g/mol. The molecule has 0 fully saturated rings. The maximum absolute atomic E-state index is 8.81. The zero-order valence-corrected chi connectivity index (χ0v) is 6.30. The molecular formula is CHIrOPt. The topological polar surface area (TPSA) is 17.1 Å². The average molecular weight is 416 g/mol. The van der Waals surface area contributed by atoms with E-state index < -0.39 is 0 Å². The van der Waals surface area contributed by atoms with Gasteiger partial charge in [0.1, 0.15) is 0 Å². The number of hydrogen-bond acceptors (Lipinski definition) is 1. The van der Waals surface area contributed by atoms with Crippen molar-refractivity contribution in [1.29, 1.82) is 0 Å².